The van der Waals surface area contributed by atoms with Crippen LogP contribution in [0.5, 0.6) is 0 Å². The third kappa shape index (κ3) is 2.96. The van der Waals surface area contributed by atoms with E-state index in [2.05, 4.69) is 0 Å². The molecule has 1 atom stereocenters. The molecular formula is C11H14F3N. The van der Waals surface area contributed by atoms with Crippen LogP contribution in [-0.2, 0) is 6.42 Å². The summed E-state index contributed by atoms with van der Waals surface area (Å²) in [5.74, 6) is -0.370. The number of hydrogen-bond donors (Lipinski definition) is 1. The fraction of sp³-hybridized carbons (Fsp3) is 0.455. The van der Waals surface area contributed by atoms with Gasteiger partial charge in [-0.3, -0.25) is 0 Å². The average molecular weight is 217 g/mol. The molecule has 0 spiro atoms. The zero-order chi connectivity index (χ0) is 11.5. The lowest BCUT2D eigenvalue weighted by atomic mass is 9.84. The summed E-state index contributed by atoms with van der Waals surface area (Å²) in [4.78, 5) is 0. The van der Waals surface area contributed by atoms with Crippen molar-refractivity contribution in [2.45, 2.75) is 19.8 Å². The second kappa shape index (κ2) is 4.66. The molecule has 15 heavy (non-hydrogen) atoms. The Kier molecular flexibility index (Phi) is 3.74. The smallest absolute Gasteiger partial charge is 0.245 e. The fourth-order valence-electron chi connectivity index (χ4n) is 1.31. The second-order valence-electron chi connectivity index (χ2n) is 3.96. The van der Waals surface area contributed by atoms with Crippen molar-refractivity contribution in [1.82, 2.24) is 0 Å². The normalized spacial score (nSPS) is 15.3. The van der Waals surface area contributed by atoms with Gasteiger partial charge in [-0.25, -0.2) is 13.2 Å². The Morgan fingerprint density at radius 2 is 1.80 bits per heavy atom. The summed E-state index contributed by atoms with van der Waals surface area (Å²) in [7, 11) is 0. The minimum atomic E-state index is -2.48. The lowest BCUT2D eigenvalue weighted by Gasteiger charge is -2.26. The molecule has 1 aromatic carbocycles. The van der Waals surface area contributed by atoms with Crippen molar-refractivity contribution in [3.63, 3.8) is 0 Å². The van der Waals surface area contributed by atoms with Crippen molar-refractivity contribution in [1.29, 1.82) is 0 Å². The summed E-state index contributed by atoms with van der Waals surface area (Å²) in [6.45, 7) is 1.34. The van der Waals surface area contributed by atoms with Gasteiger partial charge in [0.15, 0.2) is 0 Å². The lowest BCUT2D eigenvalue weighted by molar-refractivity contribution is 0.0133. The summed E-state index contributed by atoms with van der Waals surface area (Å²) in [6, 6.07) is 5.53. The SMILES string of the molecule is CC(CN)(Cc1ccc(F)cc1)C(F)F. The molecule has 0 aliphatic carbocycles. The van der Waals surface area contributed by atoms with E-state index >= 15 is 0 Å². The molecule has 2 N–H and O–H groups in total. The molecule has 0 aliphatic rings. The summed E-state index contributed by atoms with van der Waals surface area (Å²) in [5, 5.41) is 0. The first-order chi connectivity index (χ1) is 6.98. The van der Waals surface area contributed by atoms with Gasteiger partial charge < -0.3 is 5.73 Å². The van der Waals surface area contributed by atoms with Crippen molar-refractivity contribution < 1.29 is 13.2 Å². The topological polar surface area (TPSA) is 26.0 Å². The van der Waals surface area contributed by atoms with Crippen LogP contribution in [0.1, 0.15) is 12.5 Å². The number of rotatable bonds is 4. The third-order valence-corrected chi connectivity index (χ3v) is 2.51. The predicted molar refractivity (Wildman–Crippen MR) is 53.3 cm³/mol. The quantitative estimate of drug-likeness (QED) is 0.824. The van der Waals surface area contributed by atoms with E-state index < -0.39 is 11.8 Å². The van der Waals surface area contributed by atoms with Crippen molar-refractivity contribution >= 4 is 0 Å². The minimum absolute atomic E-state index is 0.0952. The molecule has 0 bridgehead atoms. The molecule has 0 saturated heterocycles. The van der Waals surface area contributed by atoms with Crippen LogP contribution in [0.15, 0.2) is 24.3 Å². The van der Waals surface area contributed by atoms with Gasteiger partial charge in [0.1, 0.15) is 5.82 Å². The maximum Gasteiger partial charge on any atom is 0.245 e. The van der Waals surface area contributed by atoms with E-state index in [0.717, 1.165) is 0 Å². The zero-order valence-corrected chi connectivity index (χ0v) is 8.51. The molecule has 0 aliphatic heterocycles. The Morgan fingerprint density at radius 1 is 1.27 bits per heavy atom. The van der Waals surface area contributed by atoms with Crippen molar-refractivity contribution in [2.24, 2.45) is 11.1 Å². The van der Waals surface area contributed by atoms with Gasteiger partial charge in [0.2, 0.25) is 6.43 Å². The molecule has 1 nitrogen and oxygen atoms in total. The van der Waals surface area contributed by atoms with E-state index in [9.17, 15) is 13.2 Å². The maximum atomic E-state index is 12.7. The fourth-order valence-corrected chi connectivity index (χ4v) is 1.31. The molecule has 0 amide bonds. The molecule has 1 rings (SSSR count). The molecule has 84 valence electrons. The van der Waals surface area contributed by atoms with E-state index in [-0.39, 0.29) is 18.8 Å². The van der Waals surface area contributed by atoms with Gasteiger partial charge in [-0.1, -0.05) is 19.1 Å². The van der Waals surface area contributed by atoms with Crippen LogP contribution in [0.2, 0.25) is 0 Å². The third-order valence-electron chi connectivity index (χ3n) is 2.51. The molecular weight excluding hydrogens is 203 g/mol. The van der Waals surface area contributed by atoms with E-state index in [1.807, 2.05) is 0 Å². The Morgan fingerprint density at radius 3 is 2.20 bits per heavy atom. The molecule has 0 heterocycles. The second-order valence-corrected chi connectivity index (χ2v) is 3.96. The highest BCUT2D eigenvalue weighted by atomic mass is 19.3. The highest BCUT2D eigenvalue weighted by Crippen LogP contribution is 2.28. The molecule has 0 radical (unpaired) electrons. The first kappa shape index (κ1) is 12.0. The molecule has 0 aromatic heterocycles. The number of halogens is 3. The number of nitrogens with two attached hydrogens (primary N) is 1. The molecule has 1 unspecified atom stereocenters. The maximum absolute atomic E-state index is 12.7. The number of benzene rings is 1. The average Bonchev–Trinajstić information content (AvgIpc) is 2.21. The standard InChI is InChI=1S/C11H14F3N/c1-11(7-15,10(13)14)6-8-2-4-9(12)5-3-8/h2-5,10H,6-7,15H2,1H3. The number of alkyl halides is 2. The lowest BCUT2D eigenvalue weighted by Crippen LogP contribution is -2.36. The van der Waals surface area contributed by atoms with Gasteiger partial charge in [0.05, 0.1) is 0 Å². The molecule has 4 heteroatoms. The number of hydrogen-bond acceptors (Lipinski definition) is 1. The van der Waals surface area contributed by atoms with Crippen LogP contribution in [0, 0.1) is 11.2 Å². The Balaban J connectivity index is 2.79. The zero-order valence-electron chi connectivity index (χ0n) is 8.51. The summed E-state index contributed by atoms with van der Waals surface area (Å²) >= 11 is 0. The van der Waals surface area contributed by atoms with Crippen LogP contribution < -0.4 is 5.73 Å². The van der Waals surface area contributed by atoms with E-state index in [1.54, 1.807) is 0 Å². The first-order valence-electron chi connectivity index (χ1n) is 4.70. The Hall–Kier alpha value is -1.03. The highest BCUT2D eigenvalue weighted by Gasteiger charge is 2.33. The summed E-state index contributed by atoms with van der Waals surface area (Å²) in [5.41, 5.74) is 4.76. The molecule has 0 saturated carbocycles. The van der Waals surface area contributed by atoms with Crippen molar-refractivity contribution in [2.75, 3.05) is 6.54 Å². The van der Waals surface area contributed by atoms with E-state index in [1.165, 1.54) is 31.2 Å². The Bertz CT molecular complexity index is 310. The van der Waals surface area contributed by atoms with Crippen LogP contribution >= 0.6 is 0 Å². The monoisotopic (exact) mass is 217 g/mol. The van der Waals surface area contributed by atoms with Gasteiger partial charge in [0.25, 0.3) is 0 Å². The summed E-state index contributed by atoms with van der Waals surface area (Å²) < 4.78 is 38.0. The van der Waals surface area contributed by atoms with Crippen molar-refractivity contribution in [3.8, 4) is 0 Å². The van der Waals surface area contributed by atoms with Gasteiger partial charge in [0, 0.05) is 12.0 Å². The highest BCUT2D eigenvalue weighted by molar-refractivity contribution is 5.18. The van der Waals surface area contributed by atoms with E-state index in [0.29, 0.717) is 5.56 Å². The molecule has 1 aromatic rings. The van der Waals surface area contributed by atoms with Crippen LogP contribution in [0.4, 0.5) is 13.2 Å². The van der Waals surface area contributed by atoms with Gasteiger partial charge >= 0.3 is 0 Å². The van der Waals surface area contributed by atoms with Gasteiger partial charge in [-0.2, -0.15) is 0 Å². The predicted octanol–water partition coefficient (Wildman–Crippen LogP) is 2.60. The first-order valence-corrected chi connectivity index (χ1v) is 4.70. The van der Waals surface area contributed by atoms with Crippen LogP contribution in [0.3, 0.4) is 0 Å². The van der Waals surface area contributed by atoms with Crippen LogP contribution in [0.25, 0.3) is 0 Å². The van der Waals surface area contributed by atoms with Gasteiger partial charge in [-0.05, 0) is 24.1 Å². The van der Waals surface area contributed by atoms with E-state index in [4.69, 9.17) is 5.73 Å². The van der Waals surface area contributed by atoms with Crippen LogP contribution in [-0.4, -0.2) is 13.0 Å². The molecule has 0 fully saturated rings. The van der Waals surface area contributed by atoms with Crippen molar-refractivity contribution in [3.05, 3.63) is 35.6 Å². The minimum Gasteiger partial charge on any atom is -0.330 e. The largest absolute Gasteiger partial charge is 0.330 e. The summed E-state index contributed by atoms with van der Waals surface area (Å²) in [6.07, 6.45) is -2.32. The Labute approximate surface area is 87.1 Å². The van der Waals surface area contributed by atoms with Gasteiger partial charge in [-0.15, -0.1) is 0 Å².